The van der Waals surface area contributed by atoms with E-state index in [0.717, 1.165) is 5.56 Å². The summed E-state index contributed by atoms with van der Waals surface area (Å²) < 4.78 is 6.83. The molecule has 3 rings (SSSR count). The van der Waals surface area contributed by atoms with Gasteiger partial charge in [0.1, 0.15) is 5.69 Å². The summed E-state index contributed by atoms with van der Waals surface area (Å²) in [7, 11) is 0. The van der Waals surface area contributed by atoms with Crippen molar-refractivity contribution in [3.05, 3.63) is 54.2 Å². The molecule has 0 unspecified atom stereocenters. The van der Waals surface area contributed by atoms with E-state index in [1.807, 2.05) is 44.2 Å². The minimum absolute atomic E-state index is 0.110. The lowest BCUT2D eigenvalue weighted by atomic mass is 10.2. The molecule has 1 amide bonds. The van der Waals surface area contributed by atoms with Gasteiger partial charge in [-0.2, -0.15) is 10.1 Å². The normalized spacial score (nSPS) is 10.9. The number of hydrogen-bond donors (Lipinski definition) is 1. The molecule has 2 heterocycles. The summed E-state index contributed by atoms with van der Waals surface area (Å²) in [5.74, 6) is 0.630. The van der Waals surface area contributed by atoms with Crippen LogP contribution < -0.4 is 5.32 Å². The second kappa shape index (κ2) is 6.43. The van der Waals surface area contributed by atoms with Crippen molar-refractivity contribution in [1.82, 2.24) is 25.2 Å². The summed E-state index contributed by atoms with van der Waals surface area (Å²) in [5, 5.41) is 10.8. The van der Waals surface area contributed by atoms with Crippen LogP contribution in [0.2, 0.25) is 0 Å². The van der Waals surface area contributed by atoms with E-state index in [9.17, 15) is 4.79 Å². The predicted molar refractivity (Wildman–Crippen MR) is 83.5 cm³/mol. The molecular weight excluding hydrogens is 294 g/mol. The van der Waals surface area contributed by atoms with Crippen molar-refractivity contribution in [3.63, 3.8) is 0 Å². The van der Waals surface area contributed by atoms with Crippen LogP contribution in [0.25, 0.3) is 11.4 Å². The first-order valence-corrected chi connectivity index (χ1v) is 7.35. The van der Waals surface area contributed by atoms with Crippen molar-refractivity contribution in [1.29, 1.82) is 0 Å². The predicted octanol–water partition coefficient (Wildman–Crippen LogP) is 2.44. The molecule has 0 fully saturated rings. The molecule has 0 aliphatic rings. The van der Waals surface area contributed by atoms with Gasteiger partial charge in [-0.1, -0.05) is 35.5 Å². The van der Waals surface area contributed by atoms with E-state index in [1.54, 1.807) is 16.9 Å². The van der Waals surface area contributed by atoms with Gasteiger partial charge in [0.15, 0.2) is 0 Å². The van der Waals surface area contributed by atoms with Crippen molar-refractivity contribution in [2.45, 2.75) is 26.4 Å². The molecule has 118 valence electrons. The van der Waals surface area contributed by atoms with E-state index in [2.05, 4.69) is 20.6 Å². The zero-order valence-corrected chi connectivity index (χ0v) is 12.9. The quantitative estimate of drug-likeness (QED) is 0.782. The summed E-state index contributed by atoms with van der Waals surface area (Å²) in [6, 6.07) is 11.3. The van der Waals surface area contributed by atoms with Gasteiger partial charge in [0.05, 0.1) is 6.54 Å². The molecule has 0 spiro atoms. The Morgan fingerprint density at radius 1 is 1.26 bits per heavy atom. The third-order valence-corrected chi connectivity index (χ3v) is 3.29. The zero-order chi connectivity index (χ0) is 16.2. The molecule has 0 atom stereocenters. The van der Waals surface area contributed by atoms with Crippen molar-refractivity contribution in [2.75, 3.05) is 0 Å². The van der Waals surface area contributed by atoms with Crippen LogP contribution in [0.4, 0.5) is 0 Å². The average molecular weight is 311 g/mol. The Hall–Kier alpha value is -2.96. The number of amides is 1. The summed E-state index contributed by atoms with van der Waals surface area (Å²) in [5.41, 5.74) is 1.37. The first-order chi connectivity index (χ1) is 11.1. The van der Waals surface area contributed by atoms with Gasteiger partial charge >= 0.3 is 0 Å². The molecule has 0 aliphatic heterocycles. The van der Waals surface area contributed by atoms with E-state index >= 15 is 0 Å². The van der Waals surface area contributed by atoms with Crippen LogP contribution >= 0.6 is 0 Å². The number of aromatic nitrogens is 4. The van der Waals surface area contributed by atoms with Crippen LogP contribution in [0.1, 0.15) is 36.3 Å². The van der Waals surface area contributed by atoms with Crippen LogP contribution in [0.15, 0.2) is 47.1 Å². The van der Waals surface area contributed by atoms with Gasteiger partial charge in [-0.25, -0.2) is 0 Å². The maximum Gasteiger partial charge on any atom is 0.270 e. The molecule has 7 heteroatoms. The van der Waals surface area contributed by atoms with Crippen molar-refractivity contribution >= 4 is 5.91 Å². The Morgan fingerprint density at radius 2 is 2.04 bits per heavy atom. The Kier molecular flexibility index (Phi) is 4.18. The number of nitrogens with one attached hydrogen (secondary N) is 1. The van der Waals surface area contributed by atoms with E-state index in [1.165, 1.54) is 0 Å². The number of benzene rings is 1. The highest BCUT2D eigenvalue weighted by Gasteiger charge is 2.15. The van der Waals surface area contributed by atoms with Crippen LogP contribution in [-0.2, 0) is 6.54 Å². The Labute approximate surface area is 133 Å². The first kappa shape index (κ1) is 15.0. The second-order valence-electron chi connectivity index (χ2n) is 5.32. The molecule has 23 heavy (non-hydrogen) atoms. The van der Waals surface area contributed by atoms with Gasteiger partial charge in [-0.15, -0.1) is 0 Å². The minimum Gasteiger partial charge on any atom is -0.342 e. The Bertz CT molecular complexity index is 792. The Balaban J connectivity index is 1.66. The molecule has 0 bridgehead atoms. The maximum atomic E-state index is 12.2. The molecule has 1 N–H and O–H groups in total. The number of nitrogens with zero attached hydrogens (tertiary/aromatic N) is 4. The van der Waals surface area contributed by atoms with Gasteiger partial charge in [0, 0.05) is 17.8 Å². The highest BCUT2D eigenvalue weighted by atomic mass is 16.5. The molecule has 0 saturated carbocycles. The topological polar surface area (TPSA) is 85.8 Å². The third kappa shape index (κ3) is 3.28. The molecule has 3 aromatic rings. The SMILES string of the molecule is CC(C)n1nccc1C(=O)NCc1nc(-c2ccccc2)no1. The summed E-state index contributed by atoms with van der Waals surface area (Å²) in [4.78, 5) is 16.5. The standard InChI is InChI=1S/C16H17N5O2/c1-11(2)21-13(8-9-18-21)16(22)17-10-14-19-15(20-23-14)12-6-4-3-5-7-12/h3-9,11H,10H2,1-2H3,(H,17,22). The lowest BCUT2D eigenvalue weighted by molar-refractivity contribution is 0.0933. The average Bonchev–Trinajstić information content (AvgIpc) is 3.23. The fourth-order valence-electron chi connectivity index (χ4n) is 2.18. The first-order valence-electron chi connectivity index (χ1n) is 7.35. The minimum atomic E-state index is -0.226. The fourth-order valence-corrected chi connectivity index (χ4v) is 2.18. The van der Waals surface area contributed by atoms with Crippen LogP contribution in [0.3, 0.4) is 0 Å². The lowest BCUT2D eigenvalue weighted by Crippen LogP contribution is -2.26. The zero-order valence-electron chi connectivity index (χ0n) is 12.9. The van der Waals surface area contributed by atoms with Crippen LogP contribution in [-0.4, -0.2) is 25.8 Å². The van der Waals surface area contributed by atoms with Crippen molar-refractivity contribution in [3.8, 4) is 11.4 Å². The van der Waals surface area contributed by atoms with E-state index < -0.39 is 0 Å². The van der Waals surface area contributed by atoms with E-state index in [-0.39, 0.29) is 18.5 Å². The molecular formula is C16H17N5O2. The number of rotatable bonds is 5. The molecule has 0 aliphatic carbocycles. The van der Waals surface area contributed by atoms with Crippen LogP contribution in [0.5, 0.6) is 0 Å². The number of carbonyl (C=O) groups is 1. The smallest absolute Gasteiger partial charge is 0.270 e. The van der Waals surface area contributed by atoms with E-state index in [0.29, 0.717) is 17.4 Å². The highest BCUT2D eigenvalue weighted by molar-refractivity contribution is 5.92. The highest BCUT2D eigenvalue weighted by Crippen LogP contribution is 2.14. The maximum absolute atomic E-state index is 12.2. The second-order valence-corrected chi connectivity index (χ2v) is 5.32. The third-order valence-electron chi connectivity index (χ3n) is 3.29. The summed E-state index contributed by atoms with van der Waals surface area (Å²) >= 11 is 0. The van der Waals surface area contributed by atoms with Gasteiger partial charge < -0.3 is 9.84 Å². The molecule has 2 aromatic heterocycles. The van der Waals surface area contributed by atoms with Gasteiger partial charge in [0.25, 0.3) is 5.91 Å². The molecule has 0 radical (unpaired) electrons. The van der Waals surface area contributed by atoms with E-state index in [4.69, 9.17) is 4.52 Å². The van der Waals surface area contributed by atoms with Gasteiger partial charge in [0.2, 0.25) is 11.7 Å². The lowest BCUT2D eigenvalue weighted by Gasteiger charge is -2.10. The summed E-state index contributed by atoms with van der Waals surface area (Å²) in [6.07, 6.45) is 1.61. The van der Waals surface area contributed by atoms with Crippen molar-refractivity contribution < 1.29 is 9.32 Å². The largest absolute Gasteiger partial charge is 0.342 e. The number of hydrogen-bond acceptors (Lipinski definition) is 5. The van der Waals surface area contributed by atoms with Crippen molar-refractivity contribution in [2.24, 2.45) is 0 Å². The molecule has 0 saturated heterocycles. The van der Waals surface area contributed by atoms with Crippen LogP contribution in [0, 0.1) is 0 Å². The number of carbonyl (C=O) groups excluding carboxylic acids is 1. The summed E-state index contributed by atoms with van der Waals surface area (Å²) in [6.45, 7) is 4.10. The Morgan fingerprint density at radius 3 is 2.78 bits per heavy atom. The van der Waals surface area contributed by atoms with Gasteiger partial charge in [-0.3, -0.25) is 9.48 Å². The van der Waals surface area contributed by atoms with Gasteiger partial charge in [-0.05, 0) is 19.9 Å². The fraction of sp³-hybridized carbons (Fsp3) is 0.250. The molecule has 7 nitrogen and oxygen atoms in total. The monoisotopic (exact) mass is 311 g/mol. The molecule has 1 aromatic carbocycles.